The Morgan fingerprint density at radius 2 is 2.32 bits per heavy atom. The van der Waals surface area contributed by atoms with E-state index in [1.165, 1.54) is 18.7 Å². The number of likely N-dealkylation sites (tertiary alicyclic amines) is 1. The molecular formula is C16H24N4O2. The van der Waals surface area contributed by atoms with Crippen molar-refractivity contribution in [3.63, 3.8) is 0 Å². The van der Waals surface area contributed by atoms with E-state index in [-0.39, 0.29) is 11.4 Å². The number of carbonyl (C=O) groups excluding carboxylic acids is 1. The maximum atomic E-state index is 12.4. The van der Waals surface area contributed by atoms with Crippen molar-refractivity contribution in [2.45, 2.75) is 45.2 Å². The molecule has 1 aromatic rings. The molecule has 3 aliphatic heterocycles. The van der Waals surface area contributed by atoms with Crippen LogP contribution in [0.2, 0.25) is 0 Å². The fourth-order valence-electron chi connectivity index (χ4n) is 3.98. The Bertz CT molecular complexity index is 562. The van der Waals surface area contributed by atoms with Gasteiger partial charge in [0.15, 0.2) is 0 Å². The summed E-state index contributed by atoms with van der Waals surface area (Å²) in [6.45, 7) is 4.95. The number of urea groups is 1. The summed E-state index contributed by atoms with van der Waals surface area (Å²) in [4.78, 5) is 18.8. The second kappa shape index (κ2) is 5.57. The Morgan fingerprint density at radius 1 is 1.36 bits per heavy atom. The van der Waals surface area contributed by atoms with Gasteiger partial charge in [-0.15, -0.1) is 0 Å². The van der Waals surface area contributed by atoms with E-state index >= 15 is 0 Å². The molecule has 4 heterocycles. The van der Waals surface area contributed by atoms with Gasteiger partial charge in [-0.2, -0.15) is 0 Å². The molecule has 1 spiro atoms. The van der Waals surface area contributed by atoms with Gasteiger partial charge in [0.25, 0.3) is 0 Å². The first-order valence-electron chi connectivity index (χ1n) is 8.40. The van der Waals surface area contributed by atoms with Gasteiger partial charge in [-0.1, -0.05) is 0 Å². The molecule has 1 aromatic heterocycles. The highest BCUT2D eigenvalue weighted by molar-refractivity contribution is 5.74. The van der Waals surface area contributed by atoms with E-state index in [9.17, 15) is 4.79 Å². The molecule has 4 rings (SSSR count). The number of aryl methyl sites for hydroxylation is 1. The van der Waals surface area contributed by atoms with Crippen molar-refractivity contribution < 1.29 is 9.53 Å². The maximum Gasteiger partial charge on any atom is 0.317 e. The van der Waals surface area contributed by atoms with Crippen LogP contribution in [0.4, 0.5) is 4.79 Å². The second-order valence-corrected chi connectivity index (χ2v) is 6.91. The van der Waals surface area contributed by atoms with Crippen LogP contribution in [0.3, 0.4) is 0 Å². The van der Waals surface area contributed by atoms with E-state index < -0.39 is 0 Å². The first kappa shape index (κ1) is 14.1. The molecule has 2 saturated heterocycles. The second-order valence-electron chi connectivity index (χ2n) is 6.91. The maximum absolute atomic E-state index is 12.4. The number of fused-ring (bicyclic) bond motifs is 1. The number of rotatable bonds is 2. The highest BCUT2D eigenvalue weighted by Gasteiger charge is 2.42. The SMILES string of the molecule is O=C(NCc1cnc2n1CCCC2)N1CCC2(CCOC2)C1. The molecule has 0 radical (unpaired) electrons. The molecule has 6 nitrogen and oxygen atoms in total. The number of hydrogen-bond donors (Lipinski definition) is 1. The van der Waals surface area contributed by atoms with Crippen LogP contribution in [0.25, 0.3) is 0 Å². The van der Waals surface area contributed by atoms with Gasteiger partial charge in [0, 0.05) is 38.1 Å². The van der Waals surface area contributed by atoms with Crippen LogP contribution in [0.1, 0.15) is 37.2 Å². The van der Waals surface area contributed by atoms with Gasteiger partial charge in [0.2, 0.25) is 0 Å². The first-order chi connectivity index (χ1) is 10.8. The third kappa shape index (κ3) is 2.49. The van der Waals surface area contributed by atoms with Gasteiger partial charge in [-0.05, 0) is 25.7 Å². The van der Waals surface area contributed by atoms with Crippen LogP contribution in [0.15, 0.2) is 6.20 Å². The van der Waals surface area contributed by atoms with Crippen LogP contribution in [0.5, 0.6) is 0 Å². The molecule has 22 heavy (non-hydrogen) atoms. The van der Waals surface area contributed by atoms with E-state index in [2.05, 4.69) is 14.9 Å². The minimum absolute atomic E-state index is 0.0511. The lowest BCUT2D eigenvalue weighted by Gasteiger charge is -2.22. The number of amides is 2. The van der Waals surface area contributed by atoms with Gasteiger partial charge < -0.3 is 19.5 Å². The zero-order chi connectivity index (χ0) is 15.0. The van der Waals surface area contributed by atoms with Crippen molar-refractivity contribution in [2.24, 2.45) is 5.41 Å². The summed E-state index contributed by atoms with van der Waals surface area (Å²) in [7, 11) is 0. The standard InChI is InChI=1S/C16H24N4O2/c21-15(19-7-4-16(11-19)5-8-22-12-16)18-10-13-9-17-14-3-1-2-6-20(13)14/h9H,1-8,10-12H2,(H,18,21). The van der Waals surface area contributed by atoms with Gasteiger partial charge in [-0.25, -0.2) is 9.78 Å². The average Bonchev–Trinajstić information content (AvgIpc) is 3.27. The summed E-state index contributed by atoms with van der Waals surface area (Å²) in [5.41, 5.74) is 1.36. The summed E-state index contributed by atoms with van der Waals surface area (Å²) in [6, 6.07) is 0.0511. The van der Waals surface area contributed by atoms with Crippen molar-refractivity contribution in [2.75, 3.05) is 26.3 Å². The first-order valence-corrected chi connectivity index (χ1v) is 8.40. The highest BCUT2D eigenvalue weighted by Crippen LogP contribution is 2.38. The topological polar surface area (TPSA) is 59.4 Å². The van der Waals surface area contributed by atoms with Crippen LogP contribution < -0.4 is 5.32 Å². The Balaban J connectivity index is 1.34. The number of hydrogen-bond acceptors (Lipinski definition) is 3. The van der Waals surface area contributed by atoms with E-state index in [0.29, 0.717) is 6.54 Å². The van der Waals surface area contributed by atoms with Crippen LogP contribution >= 0.6 is 0 Å². The molecule has 3 aliphatic rings. The van der Waals surface area contributed by atoms with Crippen molar-refractivity contribution in [1.29, 1.82) is 0 Å². The number of carbonyl (C=O) groups is 1. The zero-order valence-electron chi connectivity index (χ0n) is 13.0. The van der Waals surface area contributed by atoms with Crippen molar-refractivity contribution in [3.8, 4) is 0 Å². The number of imidazole rings is 1. The Morgan fingerprint density at radius 3 is 3.18 bits per heavy atom. The lowest BCUT2D eigenvalue weighted by Crippen LogP contribution is -2.40. The lowest BCUT2D eigenvalue weighted by molar-refractivity contribution is 0.152. The number of nitrogens with one attached hydrogen (secondary N) is 1. The quantitative estimate of drug-likeness (QED) is 0.901. The van der Waals surface area contributed by atoms with Crippen molar-refractivity contribution >= 4 is 6.03 Å². The Hall–Kier alpha value is -1.56. The largest absolute Gasteiger partial charge is 0.381 e. The van der Waals surface area contributed by atoms with Crippen LogP contribution in [0, 0.1) is 5.41 Å². The molecule has 0 aliphatic carbocycles. The van der Waals surface area contributed by atoms with Crippen molar-refractivity contribution in [1.82, 2.24) is 19.8 Å². The molecular weight excluding hydrogens is 280 g/mol. The summed E-state index contributed by atoms with van der Waals surface area (Å²) >= 11 is 0. The third-order valence-electron chi connectivity index (χ3n) is 5.38. The van der Waals surface area contributed by atoms with E-state index in [4.69, 9.17) is 4.74 Å². The van der Waals surface area contributed by atoms with Gasteiger partial charge in [-0.3, -0.25) is 0 Å². The predicted octanol–water partition coefficient (Wildman–Crippen LogP) is 1.54. The molecule has 2 fully saturated rings. The molecule has 0 saturated carbocycles. The smallest absolute Gasteiger partial charge is 0.317 e. The summed E-state index contributed by atoms with van der Waals surface area (Å²) in [5.74, 6) is 1.17. The van der Waals surface area contributed by atoms with E-state index in [1.54, 1.807) is 0 Å². The fraction of sp³-hybridized carbons (Fsp3) is 0.750. The van der Waals surface area contributed by atoms with E-state index in [1.807, 2.05) is 11.1 Å². The number of ether oxygens (including phenoxy) is 1. The Labute approximate surface area is 130 Å². The summed E-state index contributed by atoms with van der Waals surface area (Å²) in [5, 5.41) is 3.07. The summed E-state index contributed by atoms with van der Waals surface area (Å²) < 4.78 is 7.79. The molecule has 0 aromatic carbocycles. The molecule has 120 valence electrons. The minimum Gasteiger partial charge on any atom is -0.381 e. The van der Waals surface area contributed by atoms with Gasteiger partial charge in [0.05, 0.1) is 25.0 Å². The van der Waals surface area contributed by atoms with Crippen LogP contribution in [-0.4, -0.2) is 46.8 Å². The number of nitrogens with zero attached hydrogens (tertiary/aromatic N) is 3. The number of aromatic nitrogens is 2. The average molecular weight is 304 g/mol. The Kier molecular flexibility index (Phi) is 3.56. The highest BCUT2D eigenvalue weighted by atomic mass is 16.5. The zero-order valence-corrected chi connectivity index (χ0v) is 13.0. The molecule has 1 N–H and O–H groups in total. The summed E-state index contributed by atoms with van der Waals surface area (Å²) in [6.07, 6.45) is 7.56. The molecule has 2 amide bonds. The predicted molar refractivity (Wildman–Crippen MR) is 81.5 cm³/mol. The van der Waals surface area contributed by atoms with Gasteiger partial charge in [0.1, 0.15) is 5.82 Å². The lowest BCUT2D eigenvalue weighted by atomic mass is 9.87. The normalized spacial score (nSPS) is 27.4. The van der Waals surface area contributed by atoms with Crippen LogP contribution in [-0.2, 0) is 24.2 Å². The molecule has 6 heteroatoms. The third-order valence-corrected chi connectivity index (χ3v) is 5.38. The van der Waals surface area contributed by atoms with Gasteiger partial charge >= 0.3 is 6.03 Å². The minimum atomic E-state index is 0.0511. The molecule has 1 unspecified atom stereocenters. The monoisotopic (exact) mass is 304 g/mol. The van der Waals surface area contributed by atoms with E-state index in [0.717, 1.165) is 57.8 Å². The molecule has 0 bridgehead atoms. The van der Waals surface area contributed by atoms with Crippen molar-refractivity contribution in [3.05, 3.63) is 17.7 Å². The fourth-order valence-corrected chi connectivity index (χ4v) is 3.98. The molecule has 1 atom stereocenters.